The summed E-state index contributed by atoms with van der Waals surface area (Å²) in [5, 5.41) is 5.51. The van der Waals surface area contributed by atoms with Crippen LogP contribution in [0.2, 0.25) is 0 Å². The molecule has 1 N–H and O–H groups in total. The van der Waals surface area contributed by atoms with Crippen LogP contribution in [0.25, 0.3) is 21.0 Å². The Morgan fingerprint density at radius 1 is 1.00 bits per heavy atom. The molecule has 33 heavy (non-hydrogen) atoms. The Morgan fingerprint density at radius 2 is 1.70 bits per heavy atom. The molecular formula is C25H25N3O3S2. The smallest absolute Gasteiger partial charge is 0.257 e. The first-order chi connectivity index (χ1) is 15.8. The maximum Gasteiger partial charge on any atom is 0.257 e. The number of fused-ring (bicyclic) bond motifs is 3. The number of benzene rings is 3. The van der Waals surface area contributed by atoms with Crippen molar-refractivity contribution in [2.75, 3.05) is 18.4 Å². The fraction of sp³-hybridized carbons (Fsp3) is 0.280. The summed E-state index contributed by atoms with van der Waals surface area (Å²) in [5.74, 6) is 0.349. The second-order valence-corrected chi connectivity index (χ2v) is 11.9. The number of piperidine rings is 1. The Labute approximate surface area is 197 Å². The van der Waals surface area contributed by atoms with Gasteiger partial charge in [-0.2, -0.15) is 4.31 Å². The molecule has 0 aliphatic carbocycles. The second-order valence-electron chi connectivity index (χ2n) is 8.90. The Hall–Kier alpha value is -2.81. The summed E-state index contributed by atoms with van der Waals surface area (Å²) < 4.78 is 28.7. The van der Waals surface area contributed by atoms with Gasteiger partial charge in [-0.05, 0) is 54.0 Å². The number of hydrogen-bond donors (Lipinski definition) is 1. The van der Waals surface area contributed by atoms with Gasteiger partial charge < -0.3 is 0 Å². The van der Waals surface area contributed by atoms with Crippen molar-refractivity contribution in [2.24, 2.45) is 11.8 Å². The lowest BCUT2D eigenvalue weighted by molar-refractivity contribution is 0.102. The fourth-order valence-electron chi connectivity index (χ4n) is 4.61. The van der Waals surface area contributed by atoms with E-state index in [1.54, 1.807) is 16.4 Å². The molecule has 1 fully saturated rings. The van der Waals surface area contributed by atoms with Crippen LogP contribution >= 0.6 is 11.3 Å². The minimum atomic E-state index is -3.58. The molecule has 6 nitrogen and oxygen atoms in total. The van der Waals surface area contributed by atoms with E-state index in [1.807, 2.05) is 36.4 Å². The van der Waals surface area contributed by atoms with Crippen LogP contribution in [0.3, 0.4) is 0 Å². The van der Waals surface area contributed by atoms with Crippen molar-refractivity contribution < 1.29 is 13.2 Å². The molecule has 1 saturated heterocycles. The van der Waals surface area contributed by atoms with E-state index in [1.165, 1.54) is 23.5 Å². The van der Waals surface area contributed by atoms with Gasteiger partial charge in [0.1, 0.15) is 0 Å². The van der Waals surface area contributed by atoms with Crippen LogP contribution in [0.4, 0.5) is 5.13 Å². The first-order valence-electron chi connectivity index (χ1n) is 11.0. The zero-order valence-corrected chi connectivity index (χ0v) is 20.1. The molecule has 1 amide bonds. The van der Waals surface area contributed by atoms with E-state index < -0.39 is 10.0 Å². The molecule has 1 aromatic heterocycles. The third kappa shape index (κ3) is 4.26. The van der Waals surface area contributed by atoms with Crippen LogP contribution in [-0.2, 0) is 10.0 Å². The quantitative estimate of drug-likeness (QED) is 0.427. The average molecular weight is 480 g/mol. The molecule has 3 aromatic carbocycles. The summed E-state index contributed by atoms with van der Waals surface area (Å²) in [6.07, 6.45) is 1.03. The maximum absolute atomic E-state index is 13.1. The molecule has 170 valence electrons. The van der Waals surface area contributed by atoms with Gasteiger partial charge in [-0.1, -0.05) is 55.5 Å². The van der Waals surface area contributed by atoms with E-state index in [9.17, 15) is 13.2 Å². The lowest BCUT2D eigenvalue weighted by Crippen LogP contribution is -2.42. The summed E-state index contributed by atoms with van der Waals surface area (Å²) in [7, 11) is -3.58. The Morgan fingerprint density at radius 3 is 2.42 bits per heavy atom. The molecule has 2 atom stereocenters. The van der Waals surface area contributed by atoms with E-state index in [0.29, 0.717) is 35.6 Å². The zero-order chi connectivity index (χ0) is 23.2. The van der Waals surface area contributed by atoms with Crippen LogP contribution in [0.15, 0.2) is 65.6 Å². The van der Waals surface area contributed by atoms with Gasteiger partial charge >= 0.3 is 0 Å². The van der Waals surface area contributed by atoms with Crippen molar-refractivity contribution in [3.05, 3.63) is 66.2 Å². The number of carbonyl (C=O) groups excluding carboxylic acids is 1. The number of sulfonamides is 1. The van der Waals surface area contributed by atoms with Crippen LogP contribution in [0, 0.1) is 11.8 Å². The summed E-state index contributed by atoms with van der Waals surface area (Å²) >= 11 is 1.42. The SMILES string of the molecule is C[C@@H]1C[C@@H](C)CN(S(=O)(=O)c2ccc(C(=O)Nc3nc4c(ccc5ccccc54)s3)cc2)C1. The molecule has 4 aromatic rings. The summed E-state index contributed by atoms with van der Waals surface area (Å²) in [4.78, 5) is 17.6. The van der Waals surface area contributed by atoms with Gasteiger partial charge in [0, 0.05) is 24.0 Å². The molecule has 1 aliphatic rings. The summed E-state index contributed by atoms with van der Waals surface area (Å²) in [5.41, 5.74) is 1.25. The standard InChI is InChI=1S/C25H25N3O3S2/c1-16-13-17(2)15-28(14-16)33(30,31)20-10-7-19(8-11-20)24(29)27-25-26-23-21-6-4-3-5-18(21)9-12-22(23)32-25/h3-12,16-17H,13-15H2,1-2H3,(H,26,27,29)/t16-,17-/m1/s1. The van der Waals surface area contributed by atoms with E-state index >= 15 is 0 Å². The van der Waals surface area contributed by atoms with Crippen molar-refractivity contribution in [3.8, 4) is 0 Å². The number of carbonyl (C=O) groups is 1. The number of thiazole rings is 1. The van der Waals surface area contributed by atoms with Crippen LogP contribution < -0.4 is 5.32 Å². The predicted octanol–water partition coefficient (Wildman–Crippen LogP) is 5.37. The third-order valence-corrected chi connectivity index (χ3v) is 8.88. The number of hydrogen-bond acceptors (Lipinski definition) is 5. The molecule has 2 heterocycles. The van der Waals surface area contributed by atoms with Gasteiger partial charge in [0.2, 0.25) is 10.0 Å². The highest BCUT2D eigenvalue weighted by atomic mass is 32.2. The van der Waals surface area contributed by atoms with Crippen molar-refractivity contribution >= 4 is 53.4 Å². The molecule has 0 unspecified atom stereocenters. The molecular weight excluding hydrogens is 454 g/mol. The monoisotopic (exact) mass is 479 g/mol. The maximum atomic E-state index is 13.1. The van der Waals surface area contributed by atoms with E-state index in [-0.39, 0.29) is 10.8 Å². The van der Waals surface area contributed by atoms with E-state index in [4.69, 9.17) is 0 Å². The number of amides is 1. The Bertz CT molecular complexity index is 1440. The highest BCUT2D eigenvalue weighted by Gasteiger charge is 2.31. The Kier molecular flexibility index (Phi) is 5.68. The van der Waals surface area contributed by atoms with Gasteiger partial charge in [0.15, 0.2) is 5.13 Å². The van der Waals surface area contributed by atoms with Crippen molar-refractivity contribution in [3.63, 3.8) is 0 Å². The molecule has 0 saturated carbocycles. The van der Waals surface area contributed by atoms with Gasteiger partial charge in [-0.3, -0.25) is 10.1 Å². The van der Waals surface area contributed by atoms with Crippen LogP contribution in [-0.4, -0.2) is 36.7 Å². The van der Waals surface area contributed by atoms with Gasteiger partial charge in [-0.15, -0.1) is 0 Å². The largest absolute Gasteiger partial charge is 0.298 e. The minimum Gasteiger partial charge on any atom is -0.298 e. The van der Waals surface area contributed by atoms with E-state index in [0.717, 1.165) is 27.4 Å². The lowest BCUT2D eigenvalue weighted by atomic mass is 9.94. The third-order valence-electron chi connectivity index (χ3n) is 6.09. The zero-order valence-electron chi connectivity index (χ0n) is 18.5. The molecule has 0 bridgehead atoms. The fourth-order valence-corrected chi connectivity index (χ4v) is 7.17. The lowest BCUT2D eigenvalue weighted by Gasteiger charge is -2.34. The molecule has 0 radical (unpaired) electrons. The first kappa shape index (κ1) is 22.0. The molecule has 5 rings (SSSR count). The van der Waals surface area contributed by atoms with Gasteiger partial charge in [-0.25, -0.2) is 13.4 Å². The number of aromatic nitrogens is 1. The number of nitrogens with one attached hydrogen (secondary N) is 1. The van der Waals surface area contributed by atoms with Crippen molar-refractivity contribution in [2.45, 2.75) is 25.2 Å². The van der Waals surface area contributed by atoms with Gasteiger partial charge in [0.25, 0.3) is 5.91 Å². The average Bonchev–Trinajstić information content (AvgIpc) is 3.21. The topological polar surface area (TPSA) is 79.4 Å². The van der Waals surface area contributed by atoms with Gasteiger partial charge in [0.05, 0.1) is 15.1 Å². The van der Waals surface area contributed by atoms with E-state index in [2.05, 4.69) is 24.1 Å². The Balaban J connectivity index is 1.35. The minimum absolute atomic E-state index is 0.215. The highest BCUT2D eigenvalue weighted by molar-refractivity contribution is 7.89. The number of anilines is 1. The van der Waals surface area contributed by atoms with Crippen LogP contribution in [0.5, 0.6) is 0 Å². The molecule has 0 spiro atoms. The normalized spacial score (nSPS) is 19.7. The molecule has 8 heteroatoms. The number of nitrogens with zero attached hydrogens (tertiary/aromatic N) is 2. The highest BCUT2D eigenvalue weighted by Crippen LogP contribution is 2.32. The second kappa shape index (κ2) is 8.52. The predicted molar refractivity (Wildman–Crippen MR) is 133 cm³/mol. The van der Waals surface area contributed by atoms with Crippen molar-refractivity contribution in [1.29, 1.82) is 0 Å². The van der Waals surface area contributed by atoms with Crippen molar-refractivity contribution in [1.82, 2.24) is 9.29 Å². The summed E-state index contributed by atoms with van der Waals surface area (Å²) in [6.45, 7) is 5.22. The van der Waals surface area contributed by atoms with Crippen LogP contribution in [0.1, 0.15) is 30.6 Å². The number of rotatable bonds is 4. The summed E-state index contributed by atoms with van der Waals surface area (Å²) in [6, 6.07) is 18.2. The molecule has 1 aliphatic heterocycles. The first-order valence-corrected chi connectivity index (χ1v) is 13.3.